The van der Waals surface area contributed by atoms with Crippen LogP contribution in [0.3, 0.4) is 0 Å². The van der Waals surface area contributed by atoms with Crippen LogP contribution in [0.4, 0.5) is 0 Å². The van der Waals surface area contributed by atoms with Gasteiger partial charge in [-0.1, -0.05) is 62.2 Å². The van der Waals surface area contributed by atoms with Gasteiger partial charge in [0.05, 0.1) is 19.1 Å². The van der Waals surface area contributed by atoms with Crippen LogP contribution in [0.1, 0.15) is 55.8 Å². The van der Waals surface area contributed by atoms with Crippen molar-refractivity contribution in [2.45, 2.75) is 44.7 Å². The van der Waals surface area contributed by atoms with E-state index in [1.165, 1.54) is 5.56 Å². The zero-order valence-electron chi connectivity index (χ0n) is 16.7. The number of nitrogens with two attached hydrogens (primary N) is 1. The third kappa shape index (κ3) is 5.06. The second kappa shape index (κ2) is 10.5. The quantitative estimate of drug-likeness (QED) is 0.774. The average Bonchev–Trinajstić information content (AvgIpc) is 2.99. The second-order valence-electron chi connectivity index (χ2n) is 7.40. The third-order valence-corrected chi connectivity index (χ3v) is 5.65. The molecule has 0 spiro atoms. The van der Waals surface area contributed by atoms with Crippen LogP contribution in [0.25, 0.3) is 0 Å². The van der Waals surface area contributed by atoms with Crippen LogP contribution in [-0.4, -0.2) is 24.5 Å². The molecule has 2 aromatic carbocycles. The van der Waals surface area contributed by atoms with Gasteiger partial charge in [0.2, 0.25) is 5.91 Å². The summed E-state index contributed by atoms with van der Waals surface area (Å²) in [5.41, 5.74) is 8.62. The molecule has 3 rings (SSSR count). The number of carbonyl (C=O) groups is 1. The van der Waals surface area contributed by atoms with E-state index in [-0.39, 0.29) is 36.3 Å². The number of carbonyl (C=O) groups excluding carboxylic acids is 1. The Morgan fingerprint density at radius 3 is 2.39 bits per heavy atom. The molecule has 4 nitrogen and oxygen atoms in total. The predicted octanol–water partition coefficient (Wildman–Crippen LogP) is 4.90. The summed E-state index contributed by atoms with van der Waals surface area (Å²) < 4.78 is 5.28. The predicted molar refractivity (Wildman–Crippen MR) is 116 cm³/mol. The van der Waals surface area contributed by atoms with E-state index in [9.17, 15) is 4.79 Å². The molecule has 3 atom stereocenters. The van der Waals surface area contributed by atoms with Gasteiger partial charge < -0.3 is 15.4 Å². The van der Waals surface area contributed by atoms with E-state index < -0.39 is 0 Å². The number of methoxy groups -OCH3 is 1. The van der Waals surface area contributed by atoms with E-state index >= 15 is 0 Å². The average molecular weight is 403 g/mol. The van der Waals surface area contributed by atoms with Crippen LogP contribution in [0.15, 0.2) is 54.6 Å². The third-order valence-electron chi connectivity index (χ3n) is 5.65. The number of halogens is 1. The summed E-state index contributed by atoms with van der Waals surface area (Å²) in [4.78, 5) is 15.5. The fraction of sp³-hybridized carbons (Fsp3) is 0.435. The molecule has 1 heterocycles. The van der Waals surface area contributed by atoms with Crippen molar-refractivity contribution in [1.29, 1.82) is 0 Å². The van der Waals surface area contributed by atoms with Crippen LogP contribution >= 0.6 is 12.4 Å². The van der Waals surface area contributed by atoms with Crippen LogP contribution in [0.2, 0.25) is 0 Å². The van der Waals surface area contributed by atoms with Gasteiger partial charge in [-0.05, 0) is 36.1 Å². The Balaban J connectivity index is 0.00000280. The summed E-state index contributed by atoms with van der Waals surface area (Å²) in [7, 11) is 1.67. The van der Waals surface area contributed by atoms with Crippen molar-refractivity contribution >= 4 is 18.3 Å². The van der Waals surface area contributed by atoms with E-state index in [4.69, 9.17) is 10.5 Å². The standard InChI is InChI=1S/C23H30N2O2.ClH/c1-17(22(24)19-9-5-3-6-10-19)23(26)25-16-8-4-7-11-21(25)18-12-14-20(27-2)15-13-18;/h3,5-6,9-10,12-15,17,21-22H,4,7-8,11,16,24H2,1-2H3;1H. The summed E-state index contributed by atoms with van der Waals surface area (Å²) in [6.45, 7) is 2.75. The van der Waals surface area contributed by atoms with Crippen molar-refractivity contribution in [2.24, 2.45) is 11.7 Å². The first-order chi connectivity index (χ1) is 13.1. The molecular weight excluding hydrogens is 372 g/mol. The number of amides is 1. The summed E-state index contributed by atoms with van der Waals surface area (Å²) in [5.74, 6) is 0.727. The van der Waals surface area contributed by atoms with Crippen molar-refractivity contribution in [3.05, 3.63) is 65.7 Å². The molecular formula is C23H31ClN2O2. The number of likely N-dealkylation sites (tertiary alicyclic amines) is 1. The molecule has 0 radical (unpaired) electrons. The molecule has 0 bridgehead atoms. The lowest BCUT2D eigenvalue weighted by molar-refractivity contribution is -0.138. The lowest BCUT2D eigenvalue weighted by Crippen LogP contribution is -2.41. The largest absolute Gasteiger partial charge is 0.497 e. The highest BCUT2D eigenvalue weighted by molar-refractivity contribution is 5.85. The monoisotopic (exact) mass is 402 g/mol. The van der Waals surface area contributed by atoms with E-state index in [0.717, 1.165) is 43.5 Å². The van der Waals surface area contributed by atoms with Crippen molar-refractivity contribution in [1.82, 2.24) is 4.90 Å². The first-order valence-electron chi connectivity index (χ1n) is 9.86. The van der Waals surface area contributed by atoms with Gasteiger partial charge >= 0.3 is 0 Å². The fourth-order valence-electron chi connectivity index (χ4n) is 3.92. The van der Waals surface area contributed by atoms with Crippen LogP contribution in [-0.2, 0) is 4.79 Å². The highest BCUT2D eigenvalue weighted by Gasteiger charge is 2.32. The molecule has 2 aromatic rings. The lowest BCUT2D eigenvalue weighted by atomic mass is 9.92. The van der Waals surface area contributed by atoms with Gasteiger partial charge in [-0.15, -0.1) is 12.4 Å². The SMILES string of the molecule is COc1ccc(C2CCCCCN2C(=O)C(C)C(N)c2ccccc2)cc1.Cl. The zero-order valence-corrected chi connectivity index (χ0v) is 17.5. The van der Waals surface area contributed by atoms with Gasteiger partial charge in [0.1, 0.15) is 5.75 Å². The number of rotatable bonds is 5. The minimum Gasteiger partial charge on any atom is -0.497 e. The topological polar surface area (TPSA) is 55.6 Å². The molecule has 0 aliphatic carbocycles. The molecule has 0 saturated carbocycles. The second-order valence-corrected chi connectivity index (χ2v) is 7.40. The molecule has 152 valence electrons. The lowest BCUT2D eigenvalue weighted by Gasteiger charge is -2.34. The highest BCUT2D eigenvalue weighted by Crippen LogP contribution is 2.33. The van der Waals surface area contributed by atoms with E-state index in [2.05, 4.69) is 17.0 Å². The van der Waals surface area contributed by atoms with Gasteiger partial charge in [0, 0.05) is 12.6 Å². The summed E-state index contributed by atoms with van der Waals surface area (Å²) >= 11 is 0. The number of ether oxygens (including phenoxy) is 1. The summed E-state index contributed by atoms with van der Waals surface area (Å²) in [6, 6.07) is 17.8. The maximum absolute atomic E-state index is 13.4. The Morgan fingerprint density at radius 2 is 1.75 bits per heavy atom. The minimum atomic E-state index is -0.293. The van der Waals surface area contributed by atoms with Gasteiger partial charge in [-0.3, -0.25) is 4.79 Å². The Labute approximate surface area is 174 Å². The maximum atomic E-state index is 13.4. The van der Waals surface area contributed by atoms with Crippen LogP contribution in [0, 0.1) is 5.92 Å². The van der Waals surface area contributed by atoms with Gasteiger partial charge in [0.25, 0.3) is 0 Å². The maximum Gasteiger partial charge on any atom is 0.227 e. The molecule has 1 aliphatic heterocycles. The Morgan fingerprint density at radius 1 is 1.07 bits per heavy atom. The molecule has 1 saturated heterocycles. The van der Waals surface area contributed by atoms with Crippen molar-refractivity contribution < 1.29 is 9.53 Å². The van der Waals surface area contributed by atoms with E-state index in [1.807, 2.05) is 49.4 Å². The smallest absolute Gasteiger partial charge is 0.227 e. The molecule has 28 heavy (non-hydrogen) atoms. The highest BCUT2D eigenvalue weighted by atomic mass is 35.5. The Bertz CT molecular complexity index is 736. The minimum absolute atomic E-state index is 0. The molecule has 0 aromatic heterocycles. The Hall–Kier alpha value is -2.04. The molecule has 1 aliphatic rings. The van der Waals surface area contributed by atoms with Crippen LogP contribution in [0.5, 0.6) is 5.75 Å². The molecule has 2 N–H and O–H groups in total. The van der Waals surface area contributed by atoms with Gasteiger partial charge in [-0.2, -0.15) is 0 Å². The Kier molecular flexibility index (Phi) is 8.34. The molecule has 1 amide bonds. The van der Waals surface area contributed by atoms with Crippen molar-refractivity contribution in [2.75, 3.05) is 13.7 Å². The van der Waals surface area contributed by atoms with Crippen molar-refractivity contribution in [3.8, 4) is 5.75 Å². The van der Waals surface area contributed by atoms with E-state index in [0.29, 0.717) is 0 Å². The number of nitrogens with zero attached hydrogens (tertiary/aromatic N) is 1. The zero-order chi connectivity index (χ0) is 19.2. The number of hydrogen-bond acceptors (Lipinski definition) is 3. The van der Waals surface area contributed by atoms with Crippen LogP contribution < -0.4 is 10.5 Å². The van der Waals surface area contributed by atoms with Gasteiger partial charge in [-0.25, -0.2) is 0 Å². The molecule has 5 heteroatoms. The number of hydrogen-bond donors (Lipinski definition) is 1. The van der Waals surface area contributed by atoms with Gasteiger partial charge in [0.15, 0.2) is 0 Å². The summed E-state index contributed by atoms with van der Waals surface area (Å²) in [5, 5.41) is 0. The van der Waals surface area contributed by atoms with Crippen molar-refractivity contribution in [3.63, 3.8) is 0 Å². The first kappa shape index (κ1) is 22.3. The summed E-state index contributed by atoms with van der Waals surface area (Å²) in [6.07, 6.45) is 4.34. The normalized spacial score (nSPS) is 19.1. The molecule has 3 unspecified atom stereocenters. The number of benzene rings is 2. The van der Waals surface area contributed by atoms with E-state index in [1.54, 1.807) is 7.11 Å². The molecule has 1 fully saturated rings. The first-order valence-corrected chi connectivity index (χ1v) is 9.86. The fourth-order valence-corrected chi connectivity index (χ4v) is 3.92.